The summed E-state index contributed by atoms with van der Waals surface area (Å²) in [6.45, 7) is 12.6. The predicted octanol–water partition coefficient (Wildman–Crippen LogP) is 2.42. The van der Waals surface area contributed by atoms with E-state index in [1.165, 1.54) is 64.7 Å². The van der Waals surface area contributed by atoms with Gasteiger partial charge in [0.2, 0.25) is 0 Å². The molecule has 0 aromatic heterocycles. The molecular formula is C22H42N8S2. The number of hydrogen-bond donors (Lipinski definition) is 4. The van der Waals surface area contributed by atoms with Crippen molar-refractivity contribution < 1.29 is 0 Å². The van der Waals surface area contributed by atoms with E-state index in [4.69, 9.17) is 24.4 Å². The molecule has 0 saturated carbocycles. The van der Waals surface area contributed by atoms with Gasteiger partial charge in [0.1, 0.15) is 0 Å². The van der Waals surface area contributed by atoms with E-state index in [-0.39, 0.29) is 0 Å². The van der Waals surface area contributed by atoms with Crippen molar-refractivity contribution in [3.05, 3.63) is 0 Å². The first kappa shape index (κ1) is 26.9. The number of rotatable bonds is 11. The van der Waals surface area contributed by atoms with Crippen molar-refractivity contribution in [2.24, 2.45) is 10.2 Å². The van der Waals surface area contributed by atoms with Crippen LogP contribution in [0.1, 0.15) is 65.2 Å². The van der Waals surface area contributed by atoms with E-state index >= 15 is 0 Å². The van der Waals surface area contributed by atoms with Crippen LogP contribution < -0.4 is 21.5 Å². The second-order valence-corrected chi connectivity index (χ2v) is 9.18. The first-order chi connectivity index (χ1) is 15.6. The SMILES string of the molecule is CCC(=NNC(=S)NCCN1CCCCC1)C(CC)=NNC(=S)NCCN1CCCCC1. The van der Waals surface area contributed by atoms with Crippen LogP contribution in [-0.4, -0.2) is 83.8 Å². The Hall–Kier alpha value is -1.36. The third kappa shape index (κ3) is 11.0. The average Bonchev–Trinajstić information content (AvgIpc) is 2.82. The Kier molecular flexibility index (Phi) is 13.7. The molecule has 2 rings (SSSR count). The number of nitrogens with one attached hydrogen (secondary N) is 4. The molecule has 0 spiro atoms. The number of hydrogen-bond acceptors (Lipinski definition) is 6. The van der Waals surface area contributed by atoms with E-state index in [1.807, 2.05) is 0 Å². The Balaban J connectivity index is 1.69. The summed E-state index contributed by atoms with van der Waals surface area (Å²) < 4.78 is 0. The van der Waals surface area contributed by atoms with Gasteiger partial charge < -0.3 is 20.4 Å². The molecule has 0 atom stereocenters. The average molecular weight is 483 g/mol. The van der Waals surface area contributed by atoms with Crippen LogP contribution in [0.2, 0.25) is 0 Å². The molecule has 32 heavy (non-hydrogen) atoms. The molecule has 10 heteroatoms. The van der Waals surface area contributed by atoms with Crippen molar-refractivity contribution in [2.45, 2.75) is 65.2 Å². The lowest BCUT2D eigenvalue weighted by Gasteiger charge is -2.26. The Morgan fingerprint density at radius 3 is 1.38 bits per heavy atom. The molecule has 2 fully saturated rings. The topological polar surface area (TPSA) is 79.3 Å². The number of piperidine rings is 2. The fraction of sp³-hybridized carbons (Fsp3) is 0.818. The largest absolute Gasteiger partial charge is 0.360 e. The molecule has 0 amide bonds. The van der Waals surface area contributed by atoms with Gasteiger partial charge in [-0.05, 0) is 89.1 Å². The van der Waals surface area contributed by atoms with Crippen LogP contribution >= 0.6 is 24.4 Å². The number of nitrogens with zero attached hydrogens (tertiary/aromatic N) is 4. The maximum atomic E-state index is 5.38. The molecule has 0 aliphatic carbocycles. The maximum absolute atomic E-state index is 5.38. The van der Waals surface area contributed by atoms with Crippen molar-refractivity contribution in [1.82, 2.24) is 31.3 Å². The summed E-state index contributed by atoms with van der Waals surface area (Å²) in [6, 6.07) is 0. The van der Waals surface area contributed by atoms with Crippen molar-refractivity contribution in [3.8, 4) is 0 Å². The molecule has 8 nitrogen and oxygen atoms in total. The van der Waals surface area contributed by atoms with Gasteiger partial charge in [-0.3, -0.25) is 10.9 Å². The zero-order valence-electron chi connectivity index (χ0n) is 19.9. The quantitative estimate of drug-likeness (QED) is 0.203. The van der Waals surface area contributed by atoms with Crippen LogP contribution in [0.4, 0.5) is 0 Å². The Morgan fingerprint density at radius 2 is 1.03 bits per heavy atom. The molecule has 0 radical (unpaired) electrons. The molecule has 2 aliphatic rings. The number of thiocarbonyl (C=S) groups is 2. The minimum absolute atomic E-state index is 0.547. The minimum atomic E-state index is 0.547. The minimum Gasteiger partial charge on any atom is -0.360 e. The maximum Gasteiger partial charge on any atom is 0.187 e. The molecule has 0 bridgehead atoms. The normalized spacial score (nSPS) is 18.8. The molecule has 2 aliphatic heterocycles. The smallest absolute Gasteiger partial charge is 0.187 e. The van der Waals surface area contributed by atoms with Crippen molar-refractivity contribution >= 4 is 46.1 Å². The summed E-state index contributed by atoms with van der Waals surface area (Å²) in [5, 5.41) is 16.6. The van der Waals surface area contributed by atoms with Gasteiger partial charge in [0, 0.05) is 26.2 Å². The lowest BCUT2D eigenvalue weighted by atomic mass is 10.1. The van der Waals surface area contributed by atoms with Gasteiger partial charge in [0.25, 0.3) is 0 Å². The van der Waals surface area contributed by atoms with Crippen molar-refractivity contribution in [2.75, 3.05) is 52.4 Å². The zero-order chi connectivity index (χ0) is 23.0. The van der Waals surface area contributed by atoms with Crippen LogP contribution in [0.3, 0.4) is 0 Å². The van der Waals surface area contributed by atoms with E-state index in [0.717, 1.165) is 50.4 Å². The number of hydrazone groups is 2. The predicted molar refractivity (Wildman–Crippen MR) is 144 cm³/mol. The summed E-state index contributed by atoms with van der Waals surface area (Å²) in [7, 11) is 0. The van der Waals surface area contributed by atoms with E-state index < -0.39 is 0 Å². The third-order valence-electron chi connectivity index (χ3n) is 5.91. The van der Waals surface area contributed by atoms with E-state index in [2.05, 4.69) is 55.3 Å². The van der Waals surface area contributed by atoms with Crippen molar-refractivity contribution in [1.29, 1.82) is 0 Å². The Labute approximate surface area is 205 Å². The Bertz CT molecular complexity index is 571. The fourth-order valence-electron chi connectivity index (χ4n) is 4.03. The third-order valence-corrected chi connectivity index (χ3v) is 6.38. The van der Waals surface area contributed by atoms with Gasteiger partial charge in [0.15, 0.2) is 10.2 Å². The first-order valence-electron chi connectivity index (χ1n) is 12.3. The summed E-state index contributed by atoms with van der Waals surface area (Å²) in [6.07, 6.45) is 9.44. The second-order valence-electron chi connectivity index (χ2n) is 8.36. The molecule has 0 unspecified atom stereocenters. The van der Waals surface area contributed by atoms with Gasteiger partial charge in [-0.15, -0.1) is 0 Å². The lowest BCUT2D eigenvalue weighted by Crippen LogP contribution is -2.41. The summed E-state index contributed by atoms with van der Waals surface area (Å²) in [5.74, 6) is 0. The summed E-state index contributed by atoms with van der Waals surface area (Å²) in [5.41, 5.74) is 7.69. The van der Waals surface area contributed by atoms with Crippen LogP contribution in [-0.2, 0) is 0 Å². The van der Waals surface area contributed by atoms with E-state index in [0.29, 0.717) is 10.2 Å². The van der Waals surface area contributed by atoms with Gasteiger partial charge in [-0.2, -0.15) is 10.2 Å². The van der Waals surface area contributed by atoms with Crippen LogP contribution in [0.5, 0.6) is 0 Å². The molecule has 4 N–H and O–H groups in total. The summed E-state index contributed by atoms with van der Waals surface area (Å²) in [4.78, 5) is 4.97. The highest BCUT2D eigenvalue weighted by Crippen LogP contribution is 2.08. The molecule has 2 saturated heterocycles. The van der Waals surface area contributed by atoms with E-state index in [9.17, 15) is 0 Å². The Morgan fingerprint density at radius 1 is 0.656 bits per heavy atom. The van der Waals surface area contributed by atoms with E-state index in [1.54, 1.807) is 0 Å². The van der Waals surface area contributed by atoms with Crippen LogP contribution in [0.25, 0.3) is 0 Å². The zero-order valence-corrected chi connectivity index (χ0v) is 21.6. The first-order valence-corrected chi connectivity index (χ1v) is 13.1. The highest BCUT2D eigenvalue weighted by molar-refractivity contribution is 7.80. The van der Waals surface area contributed by atoms with Gasteiger partial charge in [0.05, 0.1) is 11.4 Å². The highest BCUT2D eigenvalue weighted by atomic mass is 32.1. The number of likely N-dealkylation sites (tertiary alicyclic amines) is 2. The van der Waals surface area contributed by atoms with Crippen LogP contribution in [0.15, 0.2) is 10.2 Å². The molecule has 182 valence electrons. The van der Waals surface area contributed by atoms with Crippen molar-refractivity contribution in [3.63, 3.8) is 0 Å². The second kappa shape index (κ2) is 16.3. The molecule has 2 heterocycles. The monoisotopic (exact) mass is 482 g/mol. The highest BCUT2D eigenvalue weighted by Gasteiger charge is 2.11. The molecule has 0 aromatic carbocycles. The van der Waals surface area contributed by atoms with Gasteiger partial charge >= 0.3 is 0 Å². The summed E-state index contributed by atoms with van der Waals surface area (Å²) >= 11 is 10.8. The van der Waals surface area contributed by atoms with Crippen LogP contribution in [0, 0.1) is 0 Å². The van der Waals surface area contributed by atoms with Gasteiger partial charge in [-0.1, -0.05) is 26.7 Å². The standard InChI is InChI=1S/C22H42N8S2/c1-3-19(25-27-21(31)23-11-17-29-13-7-5-8-14-29)20(4-2)26-28-22(32)24-12-18-30-15-9-6-10-16-30/h3-18H2,1-2H3,(H2,23,27,31)(H2,24,28,32). The fourth-order valence-corrected chi connectivity index (χ4v) is 4.33. The molecular weight excluding hydrogens is 440 g/mol. The lowest BCUT2D eigenvalue weighted by molar-refractivity contribution is 0.232. The molecule has 0 aromatic rings. The van der Waals surface area contributed by atoms with Gasteiger partial charge in [-0.25, -0.2) is 0 Å².